The van der Waals surface area contributed by atoms with Gasteiger partial charge in [-0.1, -0.05) is 36.4 Å². The van der Waals surface area contributed by atoms with Crippen molar-refractivity contribution in [2.75, 3.05) is 0 Å². The van der Waals surface area contributed by atoms with Crippen LogP contribution in [0.2, 0.25) is 0 Å². The topological polar surface area (TPSA) is 33.1 Å². The van der Waals surface area contributed by atoms with Gasteiger partial charge in [-0.15, -0.1) is 11.3 Å². The summed E-state index contributed by atoms with van der Waals surface area (Å²) in [4.78, 5) is 4.91. The fourth-order valence-corrected chi connectivity index (χ4v) is 4.18. The molecule has 0 fully saturated rings. The van der Waals surface area contributed by atoms with Crippen LogP contribution < -0.4 is 0 Å². The molecule has 134 valence electrons. The average molecular weight is 379 g/mol. The van der Waals surface area contributed by atoms with Crippen LogP contribution in [0, 0.1) is 11.6 Å². The Balaban J connectivity index is 1.93. The standard InChI is InChI=1S/C22H15F2NOS/c23-16-8-9-17(19(24)11-16)18-13-27-22(14-5-2-1-3-6-14)20(18)21(26)15-7-4-10-25-12-15/h1-13,21,26H. The number of hydrogen-bond donors (Lipinski definition) is 1. The minimum atomic E-state index is -0.986. The molecule has 0 aliphatic rings. The normalized spacial score (nSPS) is 12.1. The van der Waals surface area contributed by atoms with Crippen LogP contribution in [0.5, 0.6) is 0 Å². The van der Waals surface area contributed by atoms with Crippen LogP contribution >= 0.6 is 11.3 Å². The van der Waals surface area contributed by atoms with Crippen molar-refractivity contribution in [1.29, 1.82) is 0 Å². The van der Waals surface area contributed by atoms with E-state index in [1.165, 1.54) is 23.5 Å². The fourth-order valence-electron chi connectivity index (χ4n) is 3.07. The van der Waals surface area contributed by atoms with Gasteiger partial charge in [0.05, 0.1) is 0 Å². The SMILES string of the molecule is OC(c1cccnc1)c1c(-c2ccc(F)cc2F)csc1-c1ccccc1. The van der Waals surface area contributed by atoms with Crippen molar-refractivity contribution in [3.8, 4) is 21.6 Å². The van der Waals surface area contributed by atoms with E-state index in [0.717, 1.165) is 16.5 Å². The van der Waals surface area contributed by atoms with Gasteiger partial charge in [-0.3, -0.25) is 4.98 Å². The van der Waals surface area contributed by atoms with Gasteiger partial charge >= 0.3 is 0 Å². The first-order valence-corrected chi connectivity index (χ1v) is 9.23. The molecule has 0 aliphatic heterocycles. The summed E-state index contributed by atoms with van der Waals surface area (Å²) >= 11 is 1.42. The van der Waals surface area contributed by atoms with Crippen LogP contribution in [0.25, 0.3) is 21.6 Å². The third-order valence-corrected chi connectivity index (χ3v) is 5.41. The van der Waals surface area contributed by atoms with E-state index >= 15 is 0 Å². The van der Waals surface area contributed by atoms with Crippen LogP contribution in [0.3, 0.4) is 0 Å². The highest BCUT2D eigenvalue weighted by Gasteiger charge is 2.24. The monoisotopic (exact) mass is 379 g/mol. The van der Waals surface area contributed by atoms with E-state index in [9.17, 15) is 13.9 Å². The largest absolute Gasteiger partial charge is 0.384 e. The number of thiophene rings is 1. The Morgan fingerprint density at radius 3 is 2.44 bits per heavy atom. The summed E-state index contributed by atoms with van der Waals surface area (Å²) in [5, 5.41) is 12.9. The highest BCUT2D eigenvalue weighted by Crippen LogP contribution is 2.44. The van der Waals surface area contributed by atoms with Crippen molar-refractivity contribution in [2.45, 2.75) is 6.10 Å². The van der Waals surface area contributed by atoms with Gasteiger partial charge in [-0.25, -0.2) is 8.78 Å². The number of aliphatic hydroxyl groups excluding tert-OH is 1. The summed E-state index contributed by atoms with van der Waals surface area (Å²) in [5.41, 5.74) is 2.93. The molecule has 4 rings (SSSR count). The lowest BCUT2D eigenvalue weighted by Gasteiger charge is -2.16. The second-order valence-corrected chi connectivity index (χ2v) is 6.95. The molecule has 0 amide bonds. The lowest BCUT2D eigenvalue weighted by Crippen LogP contribution is -2.02. The summed E-state index contributed by atoms with van der Waals surface area (Å²) < 4.78 is 27.8. The first kappa shape index (κ1) is 17.5. The molecular formula is C22H15F2NOS. The second kappa shape index (κ2) is 7.39. The van der Waals surface area contributed by atoms with Gasteiger partial charge in [0.2, 0.25) is 0 Å². The summed E-state index contributed by atoms with van der Waals surface area (Å²) in [5.74, 6) is -1.30. The summed E-state index contributed by atoms with van der Waals surface area (Å²) in [7, 11) is 0. The van der Waals surface area contributed by atoms with Crippen molar-refractivity contribution in [3.05, 3.63) is 101 Å². The zero-order valence-electron chi connectivity index (χ0n) is 14.1. The number of hydrogen-bond acceptors (Lipinski definition) is 3. The van der Waals surface area contributed by atoms with E-state index in [1.54, 1.807) is 29.9 Å². The molecule has 2 aromatic carbocycles. The van der Waals surface area contributed by atoms with Gasteiger partial charge in [0.15, 0.2) is 0 Å². The fraction of sp³-hybridized carbons (Fsp3) is 0.0455. The maximum atomic E-state index is 14.5. The number of aliphatic hydroxyl groups is 1. The van der Waals surface area contributed by atoms with Gasteiger partial charge in [0, 0.05) is 45.6 Å². The molecule has 4 aromatic rings. The minimum Gasteiger partial charge on any atom is -0.384 e. The molecule has 2 heterocycles. The smallest absolute Gasteiger partial charge is 0.133 e. The van der Waals surface area contributed by atoms with Crippen molar-refractivity contribution in [1.82, 2.24) is 4.98 Å². The molecule has 0 aliphatic carbocycles. The third-order valence-electron chi connectivity index (χ3n) is 4.36. The number of halogens is 2. The van der Waals surface area contributed by atoms with Gasteiger partial charge in [-0.2, -0.15) is 0 Å². The summed E-state index contributed by atoms with van der Waals surface area (Å²) in [6.45, 7) is 0. The van der Waals surface area contributed by atoms with Gasteiger partial charge in [0.25, 0.3) is 0 Å². The van der Waals surface area contributed by atoms with E-state index in [1.807, 2.05) is 30.3 Å². The van der Waals surface area contributed by atoms with Crippen molar-refractivity contribution < 1.29 is 13.9 Å². The predicted octanol–water partition coefficient (Wildman–Crippen LogP) is 5.84. The number of nitrogens with zero attached hydrogens (tertiary/aromatic N) is 1. The van der Waals surface area contributed by atoms with Crippen LogP contribution in [0.1, 0.15) is 17.2 Å². The van der Waals surface area contributed by atoms with E-state index in [2.05, 4.69) is 4.98 Å². The Morgan fingerprint density at radius 1 is 0.926 bits per heavy atom. The van der Waals surface area contributed by atoms with Crippen LogP contribution in [0.4, 0.5) is 8.78 Å². The van der Waals surface area contributed by atoms with E-state index < -0.39 is 17.7 Å². The van der Waals surface area contributed by atoms with Crippen LogP contribution in [-0.4, -0.2) is 10.1 Å². The number of pyridine rings is 1. The maximum absolute atomic E-state index is 14.5. The zero-order chi connectivity index (χ0) is 18.8. The van der Waals surface area contributed by atoms with Crippen LogP contribution in [0.15, 0.2) is 78.4 Å². The predicted molar refractivity (Wildman–Crippen MR) is 103 cm³/mol. The molecule has 0 bridgehead atoms. The van der Waals surface area contributed by atoms with Gasteiger partial charge in [0.1, 0.15) is 17.7 Å². The van der Waals surface area contributed by atoms with E-state index in [4.69, 9.17) is 0 Å². The lowest BCUT2D eigenvalue weighted by molar-refractivity contribution is 0.221. The zero-order valence-corrected chi connectivity index (χ0v) is 15.0. The lowest BCUT2D eigenvalue weighted by atomic mass is 9.93. The Bertz CT molecular complexity index is 1060. The summed E-state index contributed by atoms with van der Waals surface area (Å²) in [6, 6.07) is 16.6. The van der Waals surface area contributed by atoms with Crippen molar-refractivity contribution >= 4 is 11.3 Å². The molecule has 1 N–H and O–H groups in total. The minimum absolute atomic E-state index is 0.257. The molecule has 5 heteroatoms. The molecule has 0 spiro atoms. The van der Waals surface area contributed by atoms with Crippen LogP contribution in [-0.2, 0) is 0 Å². The number of benzene rings is 2. The quantitative estimate of drug-likeness (QED) is 0.483. The highest BCUT2D eigenvalue weighted by molar-refractivity contribution is 7.14. The Labute approximate surface area is 159 Å². The van der Waals surface area contributed by atoms with Crippen molar-refractivity contribution in [3.63, 3.8) is 0 Å². The van der Waals surface area contributed by atoms with Gasteiger partial charge in [-0.05, 0) is 29.1 Å². The second-order valence-electron chi connectivity index (χ2n) is 6.07. The third kappa shape index (κ3) is 3.39. The van der Waals surface area contributed by atoms with Crippen molar-refractivity contribution in [2.24, 2.45) is 0 Å². The average Bonchev–Trinajstić information content (AvgIpc) is 3.13. The molecule has 0 saturated heterocycles. The first-order chi connectivity index (χ1) is 13.1. The highest BCUT2D eigenvalue weighted by atomic mass is 32.1. The Hall–Kier alpha value is -2.89. The molecule has 1 atom stereocenters. The molecule has 0 saturated carbocycles. The molecule has 1 unspecified atom stereocenters. The molecular weight excluding hydrogens is 364 g/mol. The Morgan fingerprint density at radius 2 is 1.74 bits per heavy atom. The number of aromatic nitrogens is 1. The van der Waals surface area contributed by atoms with Gasteiger partial charge < -0.3 is 5.11 Å². The number of rotatable bonds is 4. The molecule has 27 heavy (non-hydrogen) atoms. The van der Waals surface area contributed by atoms with E-state index in [-0.39, 0.29) is 5.56 Å². The molecule has 0 radical (unpaired) electrons. The Kier molecular flexibility index (Phi) is 4.79. The molecule has 2 nitrogen and oxygen atoms in total. The maximum Gasteiger partial charge on any atom is 0.133 e. The molecule has 2 aromatic heterocycles. The van der Waals surface area contributed by atoms with E-state index in [0.29, 0.717) is 16.7 Å². The summed E-state index contributed by atoms with van der Waals surface area (Å²) in [6.07, 6.45) is 2.23. The first-order valence-electron chi connectivity index (χ1n) is 8.35.